The van der Waals surface area contributed by atoms with E-state index in [1.165, 1.54) is 12.2 Å². The third kappa shape index (κ3) is 8.11. The van der Waals surface area contributed by atoms with Gasteiger partial charge in [-0.05, 0) is 30.6 Å². The molecule has 0 saturated carbocycles. The molecule has 0 aromatic rings. The topological polar surface area (TPSA) is 88.3 Å². The van der Waals surface area contributed by atoms with Crippen molar-refractivity contribution in [3.8, 4) is 0 Å². The van der Waals surface area contributed by atoms with Crippen molar-refractivity contribution in [3.63, 3.8) is 0 Å². The van der Waals surface area contributed by atoms with Gasteiger partial charge in [-0.2, -0.15) is 9.98 Å². The van der Waals surface area contributed by atoms with E-state index in [0.29, 0.717) is 18.9 Å². The molecule has 0 radical (unpaired) electrons. The van der Waals surface area contributed by atoms with Crippen molar-refractivity contribution in [2.75, 3.05) is 6.54 Å². The van der Waals surface area contributed by atoms with E-state index in [9.17, 15) is 14.4 Å². The van der Waals surface area contributed by atoms with Crippen LogP contribution in [0.25, 0.3) is 0 Å². The van der Waals surface area contributed by atoms with E-state index >= 15 is 0 Å². The molecular weight excluding hydrogens is 270 g/mol. The molecule has 0 rings (SSSR count). The van der Waals surface area contributed by atoms with Gasteiger partial charge in [-0.15, -0.1) is 0 Å². The highest BCUT2D eigenvalue weighted by Crippen LogP contribution is 2.34. The number of rotatable bonds is 10. The zero-order chi connectivity index (χ0) is 16.3. The Morgan fingerprint density at radius 3 is 2.00 bits per heavy atom. The summed E-state index contributed by atoms with van der Waals surface area (Å²) in [5.41, 5.74) is -0.125. The third-order valence-corrected chi connectivity index (χ3v) is 3.51. The highest BCUT2D eigenvalue weighted by Gasteiger charge is 2.27. The minimum atomic E-state index is -0.738. The highest BCUT2D eigenvalue weighted by atomic mass is 16.1. The fourth-order valence-electron chi connectivity index (χ4n) is 2.57. The number of hydrogen-bond acceptors (Lipinski definition) is 6. The van der Waals surface area contributed by atoms with Crippen LogP contribution in [0.3, 0.4) is 0 Å². The maximum absolute atomic E-state index is 10.3. The second-order valence-electron chi connectivity index (χ2n) is 6.19. The summed E-state index contributed by atoms with van der Waals surface area (Å²) in [6.45, 7) is 8.58. The largest absolute Gasteiger partial charge is 0.237 e. The molecule has 0 bridgehead atoms. The van der Waals surface area contributed by atoms with Crippen molar-refractivity contribution in [2.24, 2.45) is 32.2 Å². The highest BCUT2D eigenvalue weighted by molar-refractivity contribution is 5.37. The van der Waals surface area contributed by atoms with Crippen LogP contribution in [-0.4, -0.2) is 31.0 Å². The van der Waals surface area contributed by atoms with Crippen LogP contribution < -0.4 is 0 Å². The summed E-state index contributed by atoms with van der Waals surface area (Å²) in [4.78, 5) is 41.8. The monoisotopic (exact) mass is 293 g/mol. The molecule has 0 aliphatic carbocycles. The Bertz CT molecular complexity index is 441. The molecule has 0 fully saturated rings. The minimum absolute atomic E-state index is 0.0837. The van der Waals surface area contributed by atoms with Gasteiger partial charge in [-0.1, -0.05) is 27.7 Å². The SMILES string of the molecule is CC(C)CC(C)(CCC(C)C(N=C=O)N=C=O)CN=C=O. The van der Waals surface area contributed by atoms with E-state index in [4.69, 9.17) is 0 Å². The summed E-state index contributed by atoms with van der Waals surface area (Å²) in [7, 11) is 0. The molecule has 6 heteroatoms. The van der Waals surface area contributed by atoms with Crippen LogP contribution in [-0.2, 0) is 14.4 Å². The summed E-state index contributed by atoms with van der Waals surface area (Å²) < 4.78 is 0. The van der Waals surface area contributed by atoms with Gasteiger partial charge < -0.3 is 0 Å². The molecule has 0 N–H and O–H groups in total. The van der Waals surface area contributed by atoms with Gasteiger partial charge in [0.25, 0.3) is 0 Å². The van der Waals surface area contributed by atoms with Crippen molar-refractivity contribution >= 4 is 18.2 Å². The summed E-state index contributed by atoms with van der Waals surface area (Å²) in [5, 5.41) is 0. The van der Waals surface area contributed by atoms with Crippen LogP contribution in [0.15, 0.2) is 15.0 Å². The van der Waals surface area contributed by atoms with Crippen molar-refractivity contribution in [3.05, 3.63) is 0 Å². The van der Waals surface area contributed by atoms with Gasteiger partial charge in [0.05, 0.1) is 6.54 Å². The van der Waals surface area contributed by atoms with Gasteiger partial charge in [0.15, 0.2) is 6.17 Å². The zero-order valence-corrected chi connectivity index (χ0v) is 13.1. The lowest BCUT2D eigenvalue weighted by atomic mass is 9.76. The van der Waals surface area contributed by atoms with E-state index < -0.39 is 6.17 Å². The maximum Gasteiger partial charge on any atom is 0.237 e. The number of nitrogens with zero attached hydrogens (tertiary/aromatic N) is 3. The smallest absolute Gasteiger partial charge is 0.211 e. The number of isocyanates is 3. The lowest BCUT2D eigenvalue weighted by molar-refractivity contribution is 0.221. The predicted octanol–water partition coefficient (Wildman–Crippen LogP) is 2.79. The molecule has 0 aliphatic heterocycles. The Morgan fingerprint density at radius 2 is 1.57 bits per heavy atom. The van der Waals surface area contributed by atoms with E-state index in [1.807, 2.05) is 6.92 Å². The normalized spacial score (nSPS) is 15.9. The quantitative estimate of drug-likeness (QED) is 0.458. The Hall–Kier alpha value is -1.86. The minimum Gasteiger partial charge on any atom is -0.211 e. The molecule has 0 aliphatic rings. The Kier molecular flexibility index (Phi) is 9.07. The first-order valence-electron chi connectivity index (χ1n) is 7.06. The lowest BCUT2D eigenvalue weighted by Crippen LogP contribution is -2.25. The summed E-state index contributed by atoms with van der Waals surface area (Å²) in [5.74, 6) is 0.392. The first-order chi connectivity index (χ1) is 9.88. The van der Waals surface area contributed by atoms with Crippen LogP contribution in [0.5, 0.6) is 0 Å². The predicted molar refractivity (Wildman–Crippen MR) is 79.0 cm³/mol. The van der Waals surface area contributed by atoms with Gasteiger partial charge in [0, 0.05) is 5.92 Å². The summed E-state index contributed by atoms with van der Waals surface area (Å²) in [6, 6.07) is 0. The van der Waals surface area contributed by atoms with Crippen LogP contribution in [0, 0.1) is 17.3 Å². The van der Waals surface area contributed by atoms with Crippen LogP contribution in [0.2, 0.25) is 0 Å². The number of hydrogen-bond donors (Lipinski definition) is 0. The molecule has 21 heavy (non-hydrogen) atoms. The van der Waals surface area contributed by atoms with Crippen molar-refractivity contribution in [2.45, 2.75) is 53.1 Å². The number of aliphatic imine (C=N–C) groups is 3. The molecule has 116 valence electrons. The second-order valence-corrected chi connectivity index (χ2v) is 6.19. The molecule has 0 saturated heterocycles. The standard InChI is InChI=1S/C15H23N3O3/c1-12(2)7-15(4,8-16-9-19)6-5-13(3)14(17-10-20)18-11-21/h12-14H,5-8H2,1-4H3. The first kappa shape index (κ1) is 19.1. The Labute approximate surface area is 125 Å². The second kappa shape index (κ2) is 9.95. The van der Waals surface area contributed by atoms with E-state index in [2.05, 4.69) is 35.7 Å². The van der Waals surface area contributed by atoms with Gasteiger partial charge in [0.2, 0.25) is 18.2 Å². The molecule has 2 unspecified atom stereocenters. The van der Waals surface area contributed by atoms with E-state index in [0.717, 1.165) is 12.8 Å². The van der Waals surface area contributed by atoms with Gasteiger partial charge in [-0.25, -0.2) is 19.4 Å². The molecule has 2 atom stereocenters. The number of carbonyl (C=O) groups excluding carboxylic acids is 3. The Balaban J connectivity index is 4.82. The molecule has 0 aromatic carbocycles. The third-order valence-electron chi connectivity index (χ3n) is 3.51. The molecule has 0 heterocycles. The molecule has 0 aromatic heterocycles. The molecule has 6 nitrogen and oxygen atoms in total. The van der Waals surface area contributed by atoms with Crippen LogP contribution >= 0.6 is 0 Å². The molecular formula is C15H23N3O3. The maximum atomic E-state index is 10.3. The van der Waals surface area contributed by atoms with Crippen molar-refractivity contribution in [1.82, 2.24) is 0 Å². The molecule has 0 spiro atoms. The van der Waals surface area contributed by atoms with Crippen molar-refractivity contribution in [1.29, 1.82) is 0 Å². The lowest BCUT2D eigenvalue weighted by Gasteiger charge is -2.30. The summed E-state index contributed by atoms with van der Waals surface area (Å²) >= 11 is 0. The fraction of sp³-hybridized carbons (Fsp3) is 0.800. The van der Waals surface area contributed by atoms with Crippen molar-refractivity contribution < 1.29 is 14.4 Å². The van der Waals surface area contributed by atoms with Gasteiger partial charge in [-0.3, -0.25) is 0 Å². The van der Waals surface area contributed by atoms with Crippen LogP contribution in [0.1, 0.15) is 47.0 Å². The average molecular weight is 293 g/mol. The average Bonchev–Trinajstić information content (AvgIpc) is 2.42. The molecule has 0 amide bonds. The Morgan fingerprint density at radius 1 is 1.00 bits per heavy atom. The van der Waals surface area contributed by atoms with E-state index in [1.54, 1.807) is 6.08 Å². The fourth-order valence-corrected chi connectivity index (χ4v) is 2.57. The van der Waals surface area contributed by atoms with Gasteiger partial charge in [0.1, 0.15) is 0 Å². The van der Waals surface area contributed by atoms with Crippen LogP contribution in [0.4, 0.5) is 0 Å². The van der Waals surface area contributed by atoms with Gasteiger partial charge >= 0.3 is 0 Å². The zero-order valence-electron chi connectivity index (χ0n) is 13.1. The van der Waals surface area contributed by atoms with E-state index in [-0.39, 0.29) is 11.3 Å². The summed E-state index contributed by atoms with van der Waals surface area (Å²) in [6.07, 6.45) is 6.12. The first-order valence-corrected chi connectivity index (χ1v) is 7.06.